The van der Waals surface area contributed by atoms with Gasteiger partial charge in [-0.1, -0.05) is 29.3 Å². The minimum atomic E-state index is 0.0711. The number of hydrogen-bond donors (Lipinski definition) is 1. The van der Waals surface area contributed by atoms with Gasteiger partial charge in [-0.2, -0.15) is 0 Å². The summed E-state index contributed by atoms with van der Waals surface area (Å²) in [5, 5.41) is 4.05. The van der Waals surface area contributed by atoms with Crippen LogP contribution in [0.25, 0.3) is 0 Å². The highest BCUT2D eigenvalue weighted by atomic mass is 35.5. The van der Waals surface area contributed by atoms with E-state index in [0.717, 1.165) is 17.0 Å². The van der Waals surface area contributed by atoms with Crippen LogP contribution in [0.3, 0.4) is 0 Å². The SMILES string of the molecule is CCOc1cc(CNc2ccc(C)cc2)c(Cl)cc1OC(C)C. The van der Waals surface area contributed by atoms with Crippen molar-refractivity contribution in [1.82, 2.24) is 0 Å². The van der Waals surface area contributed by atoms with E-state index in [1.807, 2.05) is 32.9 Å². The minimum absolute atomic E-state index is 0.0711. The van der Waals surface area contributed by atoms with Gasteiger partial charge < -0.3 is 14.8 Å². The summed E-state index contributed by atoms with van der Waals surface area (Å²) in [6.45, 7) is 9.21. The molecule has 2 aromatic carbocycles. The molecule has 23 heavy (non-hydrogen) atoms. The molecule has 4 heteroatoms. The molecule has 0 spiro atoms. The Kier molecular flexibility index (Phi) is 6.17. The largest absolute Gasteiger partial charge is 0.490 e. The molecule has 0 saturated carbocycles. The molecule has 0 unspecified atom stereocenters. The number of rotatable bonds is 7. The molecule has 0 aliphatic heterocycles. The fourth-order valence-electron chi connectivity index (χ4n) is 2.20. The lowest BCUT2D eigenvalue weighted by atomic mass is 10.1. The smallest absolute Gasteiger partial charge is 0.163 e. The van der Waals surface area contributed by atoms with Gasteiger partial charge in [0.2, 0.25) is 0 Å². The van der Waals surface area contributed by atoms with Crippen molar-refractivity contribution in [3.8, 4) is 11.5 Å². The first-order chi connectivity index (χ1) is 11.0. The summed E-state index contributed by atoms with van der Waals surface area (Å²) in [5.41, 5.74) is 3.28. The average molecular weight is 334 g/mol. The van der Waals surface area contributed by atoms with E-state index in [9.17, 15) is 0 Å². The summed E-state index contributed by atoms with van der Waals surface area (Å²) in [4.78, 5) is 0. The Morgan fingerprint density at radius 3 is 2.39 bits per heavy atom. The molecule has 0 radical (unpaired) electrons. The van der Waals surface area contributed by atoms with Crippen molar-refractivity contribution < 1.29 is 9.47 Å². The predicted octanol–water partition coefficient (Wildman–Crippen LogP) is 5.45. The zero-order valence-electron chi connectivity index (χ0n) is 14.2. The monoisotopic (exact) mass is 333 g/mol. The normalized spacial score (nSPS) is 10.7. The van der Waals surface area contributed by atoms with Crippen LogP contribution in [0.2, 0.25) is 5.02 Å². The highest BCUT2D eigenvalue weighted by Gasteiger charge is 2.12. The predicted molar refractivity (Wildman–Crippen MR) is 96.9 cm³/mol. The van der Waals surface area contributed by atoms with Crippen LogP contribution in [-0.2, 0) is 6.54 Å². The van der Waals surface area contributed by atoms with Gasteiger partial charge in [0.05, 0.1) is 12.7 Å². The third-order valence-electron chi connectivity index (χ3n) is 3.31. The molecule has 0 bridgehead atoms. The van der Waals surface area contributed by atoms with Gasteiger partial charge in [0.25, 0.3) is 0 Å². The van der Waals surface area contributed by atoms with Gasteiger partial charge in [-0.05, 0) is 51.5 Å². The van der Waals surface area contributed by atoms with Crippen LogP contribution >= 0.6 is 11.6 Å². The van der Waals surface area contributed by atoms with Gasteiger partial charge >= 0.3 is 0 Å². The molecular formula is C19H24ClNO2. The number of nitrogens with one attached hydrogen (secondary N) is 1. The molecule has 124 valence electrons. The van der Waals surface area contributed by atoms with E-state index in [-0.39, 0.29) is 6.10 Å². The summed E-state index contributed by atoms with van der Waals surface area (Å²) in [5.74, 6) is 1.41. The topological polar surface area (TPSA) is 30.5 Å². The number of hydrogen-bond acceptors (Lipinski definition) is 3. The van der Waals surface area contributed by atoms with Crippen molar-refractivity contribution in [1.29, 1.82) is 0 Å². The van der Waals surface area contributed by atoms with Crippen molar-refractivity contribution >= 4 is 17.3 Å². The van der Waals surface area contributed by atoms with Gasteiger partial charge in [-0.3, -0.25) is 0 Å². The first-order valence-electron chi connectivity index (χ1n) is 7.92. The third-order valence-corrected chi connectivity index (χ3v) is 3.66. The zero-order chi connectivity index (χ0) is 16.8. The standard InChI is InChI=1S/C19H24ClNO2/c1-5-22-18-10-15(17(20)11-19(18)23-13(2)3)12-21-16-8-6-14(4)7-9-16/h6-11,13,21H,5,12H2,1-4H3. The first-order valence-corrected chi connectivity index (χ1v) is 8.29. The lowest BCUT2D eigenvalue weighted by molar-refractivity contribution is 0.224. The molecule has 3 nitrogen and oxygen atoms in total. The Labute approximate surface area is 143 Å². The Balaban J connectivity index is 2.17. The number of halogens is 1. The number of benzene rings is 2. The van der Waals surface area contributed by atoms with Crippen LogP contribution in [0.5, 0.6) is 11.5 Å². The van der Waals surface area contributed by atoms with Crippen molar-refractivity contribution in [2.75, 3.05) is 11.9 Å². The quantitative estimate of drug-likeness (QED) is 0.731. The van der Waals surface area contributed by atoms with Gasteiger partial charge in [-0.15, -0.1) is 0 Å². The van der Waals surface area contributed by atoms with Crippen molar-refractivity contribution in [2.45, 2.75) is 40.3 Å². The number of anilines is 1. The second-order valence-corrected chi connectivity index (χ2v) is 6.12. The highest BCUT2D eigenvalue weighted by molar-refractivity contribution is 6.31. The molecule has 0 fully saturated rings. The molecule has 0 amide bonds. The fraction of sp³-hybridized carbons (Fsp3) is 0.368. The fourth-order valence-corrected chi connectivity index (χ4v) is 2.42. The lowest BCUT2D eigenvalue weighted by Crippen LogP contribution is -2.08. The molecule has 0 atom stereocenters. The van der Waals surface area contributed by atoms with Gasteiger partial charge in [0.15, 0.2) is 11.5 Å². The maximum Gasteiger partial charge on any atom is 0.163 e. The summed E-state index contributed by atoms with van der Waals surface area (Å²) in [6.07, 6.45) is 0.0711. The van der Waals surface area contributed by atoms with Crippen molar-refractivity contribution in [3.05, 3.63) is 52.5 Å². The zero-order valence-corrected chi connectivity index (χ0v) is 14.9. The number of aryl methyl sites for hydroxylation is 1. The van der Waals surface area contributed by atoms with Crippen LogP contribution in [0.4, 0.5) is 5.69 Å². The molecule has 0 aromatic heterocycles. The van der Waals surface area contributed by atoms with Crippen LogP contribution in [-0.4, -0.2) is 12.7 Å². The molecule has 0 aliphatic rings. The second kappa shape index (κ2) is 8.11. The van der Waals surface area contributed by atoms with Gasteiger partial charge in [0.1, 0.15) is 0 Å². The van der Waals surface area contributed by atoms with Crippen LogP contribution < -0.4 is 14.8 Å². The molecular weight excluding hydrogens is 310 g/mol. The molecule has 0 saturated heterocycles. The Hall–Kier alpha value is -1.87. The van der Waals surface area contributed by atoms with Gasteiger partial charge in [-0.25, -0.2) is 0 Å². The van der Waals surface area contributed by atoms with Crippen LogP contribution in [0.1, 0.15) is 31.9 Å². The van der Waals surface area contributed by atoms with E-state index in [1.54, 1.807) is 0 Å². The van der Waals surface area contributed by atoms with E-state index in [0.29, 0.717) is 23.9 Å². The Morgan fingerprint density at radius 1 is 1.09 bits per heavy atom. The maximum absolute atomic E-state index is 6.40. The van der Waals surface area contributed by atoms with E-state index >= 15 is 0 Å². The van der Waals surface area contributed by atoms with E-state index in [2.05, 4.69) is 36.5 Å². The Bertz CT molecular complexity index is 639. The van der Waals surface area contributed by atoms with E-state index in [1.165, 1.54) is 5.56 Å². The third kappa shape index (κ3) is 5.07. The molecule has 0 heterocycles. The highest BCUT2D eigenvalue weighted by Crippen LogP contribution is 2.34. The number of ether oxygens (including phenoxy) is 2. The van der Waals surface area contributed by atoms with Crippen LogP contribution in [0, 0.1) is 6.92 Å². The maximum atomic E-state index is 6.40. The average Bonchev–Trinajstić information content (AvgIpc) is 2.50. The molecule has 2 rings (SSSR count). The van der Waals surface area contributed by atoms with Crippen LogP contribution in [0.15, 0.2) is 36.4 Å². The lowest BCUT2D eigenvalue weighted by Gasteiger charge is -2.17. The first kappa shape index (κ1) is 17.5. The summed E-state index contributed by atoms with van der Waals surface area (Å²) < 4.78 is 11.5. The summed E-state index contributed by atoms with van der Waals surface area (Å²) in [6, 6.07) is 12.1. The van der Waals surface area contributed by atoms with Crippen molar-refractivity contribution in [2.24, 2.45) is 0 Å². The minimum Gasteiger partial charge on any atom is -0.490 e. The Morgan fingerprint density at radius 2 is 1.78 bits per heavy atom. The molecule has 1 N–H and O–H groups in total. The van der Waals surface area contributed by atoms with Gasteiger partial charge in [0, 0.05) is 23.3 Å². The van der Waals surface area contributed by atoms with E-state index < -0.39 is 0 Å². The molecule has 0 aliphatic carbocycles. The van der Waals surface area contributed by atoms with E-state index in [4.69, 9.17) is 21.1 Å². The summed E-state index contributed by atoms with van der Waals surface area (Å²) in [7, 11) is 0. The van der Waals surface area contributed by atoms with Crippen molar-refractivity contribution in [3.63, 3.8) is 0 Å². The second-order valence-electron chi connectivity index (χ2n) is 5.71. The summed E-state index contributed by atoms with van der Waals surface area (Å²) >= 11 is 6.40. The molecule has 2 aromatic rings.